The van der Waals surface area contributed by atoms with E-state index in [1.165, 1.54) is 6.92 Å². The predicted octanol–water partition coefficient (Wildman–Crippen LogP) is 4.93. The average Bonchev–Trinajstić information content (AvgIpc) is 3.49. The normalized spacial score (nSPS) is 17.1. The Kier molecular flexibility index (Phi) is 7.62. The Bertz CT molecular complexity index is 1350. The van der Waals surface area contributed by atoms with Crippen LogP contribution in [0.2, 0.25) is 5.02 Å². The van der Waals surface area contributed by atoms with Gasteiger partial charge in [-0.3, -0.25) is 9.48 Å². The van der Waals surface area contributed by atoms with Crippen molar-refractivity contribution in [2.45, 2.75) is 45.5 Å². The number of hydrogen-bond acceptors (Lipinski definition) is 7. The van der Waals surface area contributed by atoms with Crippen molar-refractivity contribution in [2.24, 2.45) is 5.16 Å². The van der Waals surface area contributed by atoms with Gasteiger partial charge in [-0.1, -0.05) is 46.3 Å². The van der Waals surface area contributed by atoms with Crippen molar-refractivity contribution in [2.75, 3.05) is 31.1 Å². The number of aromatic nitrogens is 3. The highest BCUT2D eigenvalue weighted by molar-refractivity contribution is 7.17. The number of fused-ring (bicyclic) bond motifs is 1. The van der Waals surface area contributed by atoms with Gasteiger partial charge < -0.3 is 14.6 Å². The van der Waals surface area contributed by atoms with Gasteiger partial charge in [-0.15, -0.1) is 0 Å². The first-order valence-electron chi connectivity index (χ1n) is 12.3. The Hall–Kier alpha value is -3.12. The molecule has 1 fully saturated rings. The molecule has 0 spiro atoms. The van der Waals surface area contributed by atoms with Crippen LogP contribution >= 0.6 is 22.9 Å². The van der Waals surface area contributed by atoms with Crippen LogP contribution in [0, 0.1) is 6.92 Å². The Labute approximate surface area is 226 Å². The number of thiazole rings is 1. The minimum Gasteiger partial charge on any atom is -0.391 e. The number of carbonyl (C=O) groups excluding carboxylic acids is 1. The smallest absolute Gasteiger partial charge is 0.391 e. The van der Waals surface area contributed by atoms with Crippen molar-refractivity contribution >= 4 is 39.7 Å². The van der Waals surface area contributed by atoms with Crippen molar-refractivity contribution in [3.05, 3.63) is 62.9 Å². The second-order valence-electron chi connectivity index (χ2n) is 9.22. The second kappa shape index (κ2) is 10.9. The van der Waals surface area contributed by atoms with Gasteiger partial charge in [0.2, 0.25) is 5.91 Å². The summed E-state index contributed by atoms with van der Waals surface area (Å²) in [6.45, 7) is 3.65. The van der Waals surface area contributed by atoms with Crippen molar-refractivity contribution in [1.82, 2.24) is 19.7 Å². The number of halogens is 4. The fourth-order valence-electron chi connectivity index (χ4n) is 4.47. The van der Waals surface area contributed by atoms with Crippen LogP contribution in [-0.4, -0.2) is 57.5 Å². The van der Waals surface area contributed by atoms with Crippen LogP contribution in [0.15, 0.2) is 35.5 Å². The first-order chi connectivity index (χ1) is 18.2. The number of nitrogens with zero attached hydrogens (tertiary/aromatic N) is 6. The van der Waals surface area contributed by atoms with Gasteiger partial charge in [-0.05, 0) is 38.3 Å². The molecule has 13 heteroatoms. The number of oxime groups is 1. The summed E-state index contributed by atoms with van der Waals surface area (Å²) in [6, 6.07) is 8.44. The predicted molar refractivity (Wildman–Crippen MR) is 139 cm³/mol. The summed E-state index contributed by atoms with van der Waals surface area (Å²) in [6.07, 6.45) is -1.92. The molecule has 1 saturated heterocycles. The van der Waals surface area contributed by atoms with E-state index in [9.17, 15) is 18.0 Å². The third kappa shape index (κ3) is 5.80. The van der Waals surface area contributed by atoms with Crippen molar-refractivity contribution in [3.8, 4) is 0 Å². The molecule has 0 bridgehead atoms. The Balaban J connectivity index is 1.19. The third-order valence-electron chi connectivity index (χ3n) is 6.59. The minimum atomic E-state index is -4.54. The maximum Gasteiger partial charge on any atom is 0.435 e. The number of carbonyl (C=O) groups is 1. The lowest BCUT2D eigenvalue weighted by atomic mass is 10.0. The van der Waals surface area contributed by atoms with E-state index >= 15 is 0 Å². The molecule has 3 heterocycles. The van der Waals surface area contributed by atoms with Crippen LogP contribution in [0.3, 0.4) is 0 Å². The monoisotopic (exact) mass is 566 g/mol. The molecule has 0 radical (unpaired) electrons. The van der Waals surface area contributed by atoms with Crippen LogP contribution in [0.5, 0.6) is 0 Å². The molecule has 0 N–H and O–H groups in total. The van der Waals surface area contributed by atoms with Gasteiger partial charge >= 0.3 is 6.18 Å². The molecule has 5 rings (SSSR count). The number of anilines is 1. The molecule has 8 nitrogen and oxygen atoms in total. The van der Waals surface area contributed by atoms with Crippen LogP contribution in [0.25, 0.3) is 0 Å². The largest absolute Gasteiger partial charge is 0.435 e. The first kappa shape index (κ1) is 26.5. The van der Waals surface area contributed by atoms with Crippen molar-refractivity contribution in [3.63, 3.8) is 0 Å². The Morgan fingerprint density at radius 1 is 1.18 bits per heavy atom. The molecular formula is C25H26ClF3N6O2S. The number of benzene rings is 1. The summed E-state index contributed by atoms with van der Waals surface area (Å²) in [4.78, 5) is 28.1. The number of hydrogen-bond donors (Lipinski definition) is 0. The van der Waals surface area contributed by atoms with Gasteiger partial charge in [-0.25, -0.2) is 4.98 Å². The molecule has 2 aliphatic rings. The molecule has 38 heavy (non-hydrogen) atoms. The van der Waals surface area contributed by atoms with Gasteiger partial charge in [0, 0.05) is 42.5 Å². The van der Waals surface area contributed by atoms with Gasteiger partial charge in [0.15, 0.2) is 10.8 Å². The molecule has 1 amide bonds. The van der Waals surface area contributed by atoms with Gasteiger partial charge in [0.1, 0.15) is 13.2 Å². The quantitative estimate of drug-likeness (QED) is 0.396. The van der Waals surface area contributed by atoms with E-state index in [2.05, 4.69) is 15.2 Å². The number of alkyl halides is 3. The van der Waals surface area contributed by atoms with Crippen LogP contribution in [0.1, 0.15) is 40.4 Å². The van der Waals surface area contributed by atoms with Crippen molar-refractivity contribution in [1.29, 1.82) is 0 Å². The zero-order valence-corrected chi connectivity index (χ0v) is 22.2. The summed E-state index contributed by atoms with van der Waals surface area (Å²) in [7, 11) is 0. The Morgan fingerprint density at radius 3 is 2.66 bits per heavy atom. The lowest BCUT2D eigenvalue weighted by Crippen LogP contribution is -2.49. The molecule has 2 aromatic heterocycles. The summed E-state index contributed by atoms with van der Waals surface area (Å²) in [5, 5.41) is 9.47. The average molecular weight is 567 g/mol. The van der Waals surface area contributed by atoms with E-state index in [0.717, 1.165) is 57.0 Å². The van der Waals surface area contributed by atoms with E-state index in [-0.39, 0.29) is 19.1 Å². The maximum atomic E-state index is 12.9. The molecule has 1 aliphatic carbocycles. The fraction of sp³-hybridized carbons (Fsp3) is 0.440. The van der Waals surface area contributed by atoms with Crippen LogP contribution < -0.4 is 4.90 Å². The van der Waals surface area contributed by atoms with Gasteiger partial charge in [0.25, 0.3) is 0 Å². The van der Waals surface area contributed by atoms with Gasteiger partial charge in [0.05, 0.1) is 16.3 Å². The molecule has 0 saturated carbocycles. The first-order valence-corrected chi connectivity index (χ1v) is 13.4. The summed E-state index contributed by atoms with van der Waals surface area (Å²) in [5.41, 5.74) is 2.06. The fourth-order valence-corrected chi connectivity index (χ4v) is 5.84. The highest BCUT2D eigenvalue weighted by atomic mass is 35.5. The molecule has 202 valence electrons. The number of rotatable bonds is 6. The summed E-state index contributed by atoms with van der Waals surface area (Å²) >= 11 is 7.77. The topological polar surface area (TPSA) is 75.9 Å². The molecule has 0 unspecified atom stereocenters. The molecule has 0 atom stereocenters. The molecular weight excluding hydrogens is 541 g/mol. The van der Waals surface area contributed by atoms with E-state index < -0.39 is 11.9 Å². The minimum absolute atomic E-state index is 0.221. The van der Waals surface area contributed by atoms with E-state index in [0.29, 0.717) is 36.9 Å². The van der Waals surface area contributed by atoms with E-state index in [4.69, 9.17) is 21.4 Å². The SMILES string of the molecule is Cc1cc(C(F)(F)F)nn1CC(=O)N1CCN(c2nc3c(s2)C(=NOCc2ccccc2Cl)CCC3)CC1. The van der Waals surface area contributed by atoms with E-state index in [1.54, 1.807) is 16.2 Å². The molecule has 1 aromatic carbocycles. The maximum absolute atomic E-state index is 12.9. The number of amides is 1. The molecule has 1 aliphatic heterocycles. The molecule has 3 aromatic rings. The standard InChI is InChI=1S/C25H26ClF3N6O2S/c1-16-13-21(25(27,28)29)31-35(16)14-22(36)33-9-11-34(12-10-33)24-30-19-7-4-8-20(23(19)38-24)32-37-15-17-5-2-3-6-18(17)26/h2-3,5-6,13H,4,7-12,14-15H2,1H3. The lowest BCUT2D eigenvalue weighted by molar-refractivity contribution is -0.142. The zero-order valence-electron chi connectivity index (χ0n) is 20.7. The lowest BCUT2D eigenvalue weighted by Gasteiger charge is -2.34. The van der Waals surface area contributed by atoms with E-state index in [1.807, 2.05) is 24.3 Å². The summed E-state index contributed by atoms with van der Waals surface area (Å²) < 4.78 is 39.9. The third-order valence-corrected chi connectivity index (χ3v) is 8.16. The Morgan fingerprint density at radius 2 is 1.95 bits per heavy atom. The highest BCUT2D eigenvalue weighted by Gasteiger charge is 2.35. The highest BCUT2D eigenvalue weighted by Crippen LogP contribution is 2.33. The van der Waals surface area contributed by atoms with Crippen LogP contribution in [-0.2, 0) is 35.4 Å². The van der Waals surface area contributed by atoms with Crippen LogP contribution in [0.4, 0.5) is 18.3 Å². The number of aryl methyl sites for hydroxylation is 2. The second-order valence-corrected chi connectivity index (χ2v) is 10.6. The number of piperazine rings is 1. The van der Waals surface area contributed by atoms with Gasteiger partial charge in [-0.2, -0.15) is 18.3 Å². The summed E-state index contributed by atoms with van der Waals surface area (Å²) in [5.74, 6) is -0.256. The van der Waals surface area contributed by atoms with Crippen molar-refractivity contribution < 1.29 is 22.8 Å². The zero-order chi connectivity index (χ0) is 26.9.